The molecule has 1 aliphatic heterocycles. The average molecular weight is 331 g/mol. The molecule has 4 heteroatoms. The van der Waals surface area contributed by atoms with Gasteiger partial charge in [0.25, 0.3) is 0 Å². The summed E-state index contributed by atoms with van der Waals surface area (Å²) in [5.74, 6) is -0.106. The van der Waals surface area contributed by atoms with Gasteiger partial charge in [0.05, 0.1) is 5.69 Å². The van der Waals surface area contributed by atoms with Gasteiger partial charge >= 0.3 is 0 Å². The molecule has 1 heterocycles. The second-order valence-corrected chi connectivity index (χ2v) is 4.96. The van der Waals surface area contributed by atoms with Crippen molar-refractivity contribution < 1.29 is 9.18 Å². The zero-order chi connectivity index (χ0) is 11.7. The number of benzene rings is 1. The monoisotopic (exact) mass is 331 g/mol. The summed E-state index contributed by atoms with van der Waals surface area (Å²) in [6.07, 6.45) is 2.25. The van der Waals surface area contributed by atoms with Crippen LogP contribution in [-0.2, 0) is 4.79 Å². The van der Waals surface area contributed by atoms with Crippen molar-refractivity contribution in [1.29, 1.82) is 0 Å². The Morgan fingerprint density at radius 1 is 1.56 bits per heavy atom. The summed E-state index contributed by atoms with van der Waals surface area (Å²) in [5, 5.41) is 0. The van der Waals surface area contributed by atoms with E-state index in [0.29, 0.717) is 18.7 Å². The van der Waals surface area contributed by atoms with E-state index < -0.39 is 0 Å². The van der Waals surface area contributed by atoms with E-state index >= 15 is 0 Å². The van der Waals surface area contributed by atoms with Crippen molar-refractivity contribution >= 4 is 34.2 Å². The highest BCUT2D eigenvalue weighted by molar-refractivity contribution is 14.1. The van der Waals surface area contributed by atoms with Crippen LogP contribution in [0.3, 0.4) is 0 Å². The van der Waals surface area contributed by atoms with Crippen LogP contribution in [0.2, 0.25) is 0 Å². The van der Waals surface area contributed by atoms with Gasteiger partial charge in [0, 0.05) is 22.5 Å². The summed E-state index contributed by atoms with van der Waals surface area (Å²) in [5.41, 5.74) is 0.662. The lowest BCUT2D eigenvalue weighted by Gasteiger charge is -2.17. The highest BCUT2D eigenvalue weighted by Crippen LogP contribution is 2.29. The Hall–Kier alpha value is -0.910. The summed E-state index contributed by atoms with van der Waals surface area (Å²) in [7, 11) is 0. The molecule has 0 aliphatic carbocycles. The van der Waals surface area contributed by atoms with Crippen LogP contribution in [0.15, 0.2) is 30.9 Å². The van der Waals surface area contributed by atoms with Crippen molar-refractivity contribution in [3.05, 3.63) is 40.2 Å². The fraction of sp³-hybridized carbons (Fsp3) is 0.250. The van der Waals surface area contributed by atoms with E-state index in [4.69, 9.17) is 0 Å². The topological polar surface area (TPSA) is 20.3 Å². The Morgan fingerprint density at radius 2 is 2.31 bits per heavy atom. The molecule has 16 heavy (non-hydrogen) atoms. The maximum absolute atomic E-state index is 13.1. The smallest absolute Gasteiger partial charge is 0.227 e. The lowest BCUT2D eigenvalue weighted by Crippen LogP contribution is -2.25. The number of nitrogens with zero attached hydrogens (tertiary/aromatic N) is 1. The van der Waals surface area contributed by atoms with Crippen molar-refractivity contribution in [2.24, 2.45) is 5.92 Å². The molecule has 1 amide bonds. The van der Waals surface area contributed by atoms with Crippen LogP contribution in [0.25, 0.3) is 0 Å². The molecule has 2 nitrogen and oxygen atoms in total. The van der Waals surface area contributed by atoms with E-state index in [-0.39, 0.29) is 17.6 Å². The minimum Gasteiger partial charge on any atom is -0.311 e. The molecule has 1 fully saturated rings. The SMILES string of the molecule is C=CC1CC(=O)N(c2cc(F)ccc2I)C1. The van der Waals surface area contributed by atoms with Gasteiger partial charge < -0.3 is 4.90 Å². The molecule has 0 aromatic heterocycles. The summed E-state index contributed by atoms with van der Waals surface area (Å²) in [4.78, 5) is 13.4. The molecule has 1 aliphatic rings. The van der Waals surface area contributed by atoms with Gasteiger partial charge in [-0.05, 0) is 40.8 Å². The Kier molecular flexibility index (Phi) is 3.28. The molecule has 1 saturated heterocycles. The number of hydrogen-bond donors (Lipinski definition) is 0. The van der Waals surface area contributed by atoms with Gasteiger partial charge in [-0.3, -0.25) is 4.79 Å². The number of carbonyl (C=O) groups excluding carboxylic acids is 1. The molecular formula is C12H11FINO. The first kappa shape index (κ1) is 11.6. The van der Waals surface area contributed by atoms with Gasteiger partial charge in [0.15, 0.2) is 0 Å². The Labute approximate surface area is 107 Å². The Bertz CT molecular complexity index is 447. The maximum Gasteiger partial charge on any atom is 0.227 e. The first-order chi connectivity index (χ1) is 7.61. The van der Waals surface area contributed by atoms with Gasteiger partial charge in [0.2, 0.25) is 5.91 Å². The zero-order valence-corrected chi connectivity index (χ0v) is 10.8. The largest absolute Gasteiger partial charge is 0.311 e. The van der Waals surface area contributed by atoms with Gasteiger partial charge in [0.1, 0.15) is 5.82 Å². The third-order valence-corrected chi connectivity index (χ3v) is 3.60. The lowest BCUT2D eigenvalue weighted by molar-refractivity contribution is -0.117. The van der Waals surface area contributed by atoms with Crippen LogP contribution >= 0.6 is 22.6 Å². The van der Waals surface area contributed by atoms with Crippen LogP contribution in [0.4, 0.5) is 10.1 Å². The molecular weight excluding hydrogens is 320 g/mol. The zero-order valence-electron chi connectivity index (χ0n) is 8.62. The van der Waals surface area contributed by atoms with E-state index in [9.17, 15) is 9.18 Å². The number of anilines is 1. The number of hydrogen-bond acceptors (Lipinski definition) is 1. The molecule has 84 valence electrons. The lowest BCUT2D eigenvalue weighted by atomic mass is 10.1. The van der Waals surface area contributed by atoms with E-state index in [1.807, 2.05) is 0 Å². The van der Waals surface area contributed by atoms with Crippen molar-refractivity contribution in [2.75, 3.05) is 11.4 Å². The average Bonchev–Trinajstić information content (AvgIpc) is 2.63. The van der Waals surface area contributed by atoms with Crippen LogP contribution in [0.1, 0.15) is 6.42 Å². The van der Waals surface area contributed by atoms with Crippen molar-refractivity contribution in [3.63, 3.8) is 0 Å². The van der Waals surface area contributed by atoms with Crippen molar-refractivity contribution in [1.82, 2.24) is 0 Å². The van der Waals surface area contributed by atoms with Crippen LogP contribution < -0.4 is 4.90 Å². The third-order valence-electron chi connectivity index (χ3n) is 2.69. The van der Waals surface area contributed by atoms with Crippen molar-refractivity contribution in [3.8, 4) is 0 Å². The van der Waals surface area contributed by atoms with E-state index in [0.717, 1.165) is 3.57 Å². The first-order valence-corrected chi connectivity index (χ1v) is 6.07. The van der Waals surface area contributed by atoms with Crippen LogP contribution in [0, 0.1) is 15.3 Å². The summed E-state index contributed by atoms with van der Waals surface area (Å²) in [6, 6.07) is 4.49. The Morgan fingerprint density at radius 3 is 2.94 bits per heavy atom. The molecule has 0 spiro atoms. The molecule has 1 aromatic carbocycles. The molecule has 1 atom stereocenters. The van der Waals surface area contributed by atoms with Gasteiger partial charge in [-0.15, -0.1) is 6.58 Å². The summed E-state index contributed by atoms with van der Waals surface area (Å²) in [6.45, 7) is 4.29. The normalized spacial score (nSPS) is 20.2. The molecule has 0 N–H and O–H groups in total. The summed E-state index contributed by atoms with van der Waals surface area (Å²) >= 11 is 2.11. The second kappa shape index (κ2) is 4.53. The molecule has 0 bridgehead atoms. The number of carbonyl (C=O) groups is 1. The molecule has 1 aromatic rings. The maximum atomic E-state index is 13.1. The van der Waals surface area contributed by atoms with Gasteiger partial charge in [-0.25, -0.2) is 4.39 Å². The Balaban J connectivity index is 2.34. The fourth-order valence-corrected chi connectivity index (χ4v) is 2.45. The number of rotatable bonds is 2. The number of amides is 1. The van der Waals surface area contributed by atoms with Gasteiger partial charge in [-0.2, -0.15) is 0 Å². The molecule has 0 saturated carbocycles. The van der Waals surface area contributed by atoms with Crippen LogP contribution in [0.5, 0.6) is 0 Å². The highest BCUT2D eigenvalue weighted by atomic mass is 127. The van der Waals surface area contributed by atoms with E-state index in [1.165, 1.54) is 12.1 Å². The highest BCUT2D eigenvalue weighted by Gasteiger charge is 2.29. The second-order valence-electron chi connectivity index (χ2n) is 3.80. The molecule has 2 rings (SSSR count). The van der Waals surface area contributed by atoms with E-state index in [2.05, 4.69) is 29.2 Å². The quantitative estimate of drug-likeness (QED) is 0.603. The summed E-state index contributed by atoms with van der Waals surface area (Å²) < 4.78 is 14.0. The fourth-order valence-electron chi connectivity index (χ4n) is 1.82. The first-order valence-electron chi connectivity index (χ1n) is 5.00. The van der Waals surface area contributed by atoms with Crippen molar-refractivity contribution in [2.45, 2.75) is 6.42 Å². The van der Waals surface area contributed by atoms with E-state index in [1.54, 1.807) is 17.0 Å². The molecule has 1 unspecified atom stereocenters. The van der Waals surface area contributed by atoms with Crippen LogP contribution in [-0.4, -0.2) is 12.5 Å². The third kappa shape index (κ3) is 2.11. The predicted octanol–water partition coefficient (Wildman–Crippen LogP) is 2.97. The minimum absolute atomic E-state index is 0.0356. The minimum atomic E-state index is -0.315. The van der Waals surface area contributed by atoms with Gasteiger partial charge in [-0.1, -0.05) is 6.08 Å². The predicted molar refractivity (Wildman–Crippen MR) is 69.8 cm³/mol. The number of halogens is 2. The molecule has 0 radical (unpaired) electrons. The standard InChI is InChI=1S/C12H11FINO/c1-2-8-5-12(16)15(7-8)11-6-9(13)3-4-10(11)14/h2-4,6,8H,1,5,7H2.